The van der Waals surface area contributed by atoms with Gasteiger partial charge >= 0.3 is 5.97 Å². The van der Waals surface area contributed by atoms with Gasteiger partial charge in [0, 0.05) is 17.9 Å². The van der Waals surface area contributed by atoms with Crippen LogP contribution in [0.25, 0.3) is 0 Å². The van der Waals surface area contributed by atoms with Crippen molar-refractivity contribution in [2.75, 3.05) is 20.7 Å². The number of rotatable bonds is 7. The fraction of sp³-hybridized carbons (Fsp3) is 0.875. The molecule has 0 bridgehead atoms. The lowest BCUT2D eigenvalue weighted by Gasteiger charge is -2.48. The molecule has 0 aromatic rings. The van der Waals surface area contributed by atoms with Crippen LogP contribution in [0.2, 0.25) is 0 Å². The zero-order valence-electron chi connectivity index (χ0n) is 28.2. The van der Waals surface area contributed by atoms with Gasteiger partial charge in [0.1, 0.15) is 23.9 Å². The minimum atomic E-state index is -1.90. The molecule has 5 N–H and O–H groups in total. The number of amides is 1. The molecule has 0 unspecified atom stereocenters. The Morgan fingerprint density at radius 3 is 2.25 bits per heavy atom. The largest absolute Gasteiger partial charge is 0.459 e. The van der Waals surface area contributed by atoms with Crippen molar-refractivity contribution in [3.05, 3.63) is 12.7 Å². The van der Waals surface area contributed by atoms with Crippen molar-refractivity contribution in [2.24, 2.45) is 17.8 Å². The highest BCUT2D eigenvalue weighted by atomic mass is 16.7. The van der Waals surface area contributed by atoms with Gasteiger partial charge in [0.2, 0.25) is 5.91 Å². The van der Waals surface area contributed by atoms with Crippen molar-refractivity contribution in [1.29, 1.82) is 0 Å². The lowest BCUT2D eigenvalue weighted by molar-refractivity contribution is -0.302. The molecule has 0 aromatic heterocycles. The Morgan fingerprint density at radius 2 is 1.70 bits per heavy atom. The summed E-state index contributed by atoms with van der Waals surface area (Å²) in [4.78, 5) is 28.8. The number of likely N-dealkylation sites (N-methyl/N-ethyl adjacent to an activating group) is 1. The molecule has 12 heteroatoms. The Bertz CT molecular complexity index is 963. The normalized spacial score (nSPS) is 45.2. The summed E-state index contributed by atoms with van der Waals surface area (Å²) in [5.41, 5.74) is -3.16. The van der Waals surface area contributed by atoms with Crippen molar-refractivity contribution in [3.8, 4) is 0 Å². The topological polar surface area (TPSA) is 167 Å². The summed E-state index contributed by atoms with van der Waals surface area (Å²) in [6, 6.07) is -1.17. The van der Waals surface area contributed by atoms with Crippen molar-refractivity contribution in [1.82, 2.24) is 10.2 Å². The second-order valence-corrected chi connectivity index (χ2v) is 13.6. The third-order valence-electron chi connectivity index (χ3n) is 9.47. The van der Waals surface area contributed by atoms with Crippen molar-refractivity contribution in [2.45, 2.75) is 141 Å². The van der Waals surface area contributed by atoms with Gasteiger partial charge in [-0.3, -0.25) is 9.59 Å². The number of carbonyl (C=O) groups is 2. The molecule has 0 radical (unpaired) electrons. The molecule has 44 heavy (non-hydrogen) atoms. The highest BCUT2D eigenvalue weighted by molar-refractivity contribution is 5.78. The standard InChI is InChI=1S/C32H58N2O10/c1-12-14-41-31(8)16-17(3)28(38)33-21(7)26(37)32(9,40)23(13-2)43-29(39)20(6)24(35)19(5)27(31)44-30-25(36)22(34(10)11)15-18(4)42-30/h12,17-27,30,35-37,40H,1,13-16H2,2-11H3,(H,33,38)/t17-,18-,19+,20-,21-,22+,23-,24+,25-,26-,27-,30+,31-,32-/m1/s1. The number of aliphatic hydroxyl groups excluding tert-OH is 3. The van der Waals surface area contributed by atoms with Gasteiger partial charge in [-0.15, -0.1) is 6.58 Å². The number of nitrogens with one attached hydrogen (secondary N) is 1. The maximum Gasteiger partial charge on any atom is 0.311 e. The summed E-state index contributed by atoms with van der Waals surface area (Å²) in [5.74, 6) is -3.74. The third-order valence-corrected chi connectivity index (χ3v) is 9.47. The number of aliphatic hydroxyl groups is 4. The van der Waals surface area contributed by atoms with Crippen LogP contribution < -0.4 is 5.32 Å². The van der Waals surface area contributed by atoms with Gasteiger partial charge in [0.05, 0.1) is 42.5 Å². The fourth-order valence-electron chi connectivity index (χ4n) is 6.61. The first-order chi connectivity index (χ1) is 20.3. The summed E-state index contributed by atoms with van der Waals surface area (Å²) in [6.45, 7) is 17.1. The molecule has 0 saturated carbocycles. The van der Waals surface area contributed by atoms with Crippen molar-refractivity contribution >= 4 is 11.9 Å². The highest BCUT2D eigenvalue weighted by Crippen LogP contribution is 2.38. The van der Waals surface area contributed by atoms with Crippen LogP contribution in [0.5, 0.6) is 0 Å². The van der Waals surface area contributed by atoms with Gasteiger partial charge in [-0.05, 0) is 68.0 Å². The number of carbonyl (C=O) groups excluding carboxylic acids is 2. The first-order valence-electron chi connectivity index (χ1n) is 15.8. The van der Waals surface area contributed by atoms with E-state index in [-0.39, 0.29) is 31.6 Å². The average Bonchev–Trinajstić information content (AvgIpc) is 2.96. The SMILES string of the molecule is C=CCO[C@]1(C)C[C@@H](C)C(=O)N[C@H](C)[C@@H](O)[C@](C)(O)[C@@H](CC)OC(=O)[C@H](C)[C@@H](O)[C@H](C)[C@H]1O[C@@H]1O[C@H](C)C[C@H](N(C)C)[C@H]1O. The van der Waals surface area contributed by atoms with E-state index in [4.69, 9.17) is 18.9 Å². The number of esters is 1. The molecule has 14 atom stereocenters. The lowest BCUT2D eigenvalue weighted by Crippen LogP contribution is -2.60. The zero-order chi connectivity index (χ0) is 33.7. The van der Waals surface area contributed by atoms with E-state index in [1.54, 1.807) is 40.7 Å². The molecule has 12 nitrogen and oxygen atoms in total. The second kappa shape index (κ2) is 15.8. The first kappa shape index (κ1) is 38.5. The Balaban J connectivity index is 2.66. The zero-order valence-corrected chi connectivity index (χ0v) is 28.2. The van der Waals surface area contributed by atoms with E-state index in [0.29, 0.717) is 6.42 Å². The summed E-state index contributed by atoms with van der Waals surface area (Å²) in [7, 11) is 3.73. The van der Waals surface area contributed by atoms with Gasteiger partial charge in [0.25, 0.3) is 0 Å². The quantitative estimate of drug-likeness (QED) is 0.204. The molecule has 2 rings (SSSR count). The molecule has 2 heterocycles. The maximum atomic E-state index is 13.5. The Morgan fingerprint density at radius 1 is 1.09 bits per heavy atom. The van der Waals surface area contributed by atoms with Crippen LogP contribution in [0, 0.1) is 17.8 Å². The average molecular weight is 631 g/mol. The molecular formula is C32H58N2O10. The highest BCUT2D eigenvalue weighted by Gasteiger charge is 2.51. The summed E-state index contributed by atoms with van der Waals surface area (Å²) < 4.78 is 24.7. The van der Waals surface area contributed by atoms with Crippen LogP contribution in [0.1, 0.15) is 74.7 Å². The fourth-order valence-corrected chi connectivity index (χ4v) is 6.61. The Kier molecular flexibility index (Phi) is 13.8. The van der Waals surface area contributed by atoms with Crippen LogP contribution >= 0.6 is 0 Å². The molecule has 2 fully saturated rings. The summed E-state index contributed by atoms with van der Waals surface area (Å²) in [5, 5.41) is 48.1. The molecule has 0 aliphatic carbocycles. The second-order valence-electron chi connectivity index (χ2n) is 13.6. The van der Waals surface area contributed by atoms with E-state index in [2.05, 4.69) is 11.9 Å². The molecule has 0 aromatic carbocycles. The van der Waals surface area contributed by atoms with Gasteiger partial charge in [-0.2, -0.15) is 0 Å². The molecule has 1 amide bonds. The van der Waals surface area contributed by atoms with Crippen molar-refractivity contribution in [3.63, 3.8) is 0 Å². The molecule has 2 saturated heterocycles. The number of hydrogen-bond donors (Lipinski definition) is 5. The molecule has 256 valence electrons. The van der Waals surface area contributed by atoms with Crippen LogP contribution in [0.15, 0.2) is 12.7 Å². The van der Waals surface area contributed by atoms with E-state index >= 15 is 0 Å². The predicted molar refractivity (Wildman–Crippen MR) is 164 cm³/mol. The summed E-state index contributed by atoms with van der Waals surface area (Å²) >= 11 is 0. The van der Waals surface area contributed by atoms with Gasteiger partial charge in [-0.1, -0.05) is 26.8 Å². The van der Waals surface area contributed by atoms with E-state index in [9.17, 15) is 30.0 Å². The molecule has 2 aliphatic rings. The van der Waals surface area contributed by atoms with Crippen LogP contribution in [-0.4, -0.2) is 124 Å². The van der Waals surface area contributed by atoms with E-state index in [0.717, 1.165) is 0 Å². The molecule has 2 aliphatic heterocycles. The number of ether oxygens (including phenoxy) is 4. The number of hydrogen-bond acceptors (Lipinski definition) is 11. The monoisotopic (exact) mass is 630 g/mol. The minimum absolute atomic E-state index is 0.0894. The maximum absolute atomic E-state index is 13.5. The molecule has 0 spiro atoms. The summed E-state index contributed by atoms with van der Waals surface area (Å²) in [6.07, 6.45) is -4.90. The van der Waals surface area contributed by atoms with E-state index in [1.165, 1.54) is 13.8 Å². The number of nitrogens with zero attached hydrogens (tertiary/aromatic N) is 1. The van der Waals surface area contributed by atoms with E-state index < -0.39 is 83.7 Å². The van der Waals surface area contributed by atoms with Crippen molar-refractivity contribution < 1.29 is 49.0 Å². The predicted octanol–water partition coefficient (Wildman–Crippen LogP) is 1.37. The first-order valence-corrected chi connectivity index (χ1v) is 15.8. The Hall–Kier alpha value is -1.64. The number of cyclic esters (lactones) is 1. The van der Waals surface area contributed by atoms with Crippen LogP contribution in [0.4, 0.5) is 0 Å². The van der Waals surface area contributed by atoms with Gasteiger partial charge in [-0.25, -0.2) is 0 Å². The minimum Gasteiger partial charge on any atom is -0.459 e. The van der Waals surface area contributed by atoms with Crippen LogP contribution in [-0.2, 0) is 28.5 Å². The lowest BCUT2D eigenvalue weighted by atomic mass is 9.77. The van der Waals surface area contributed by atoms with Crippen LogP contribution in [0.3, 0.4) is 0 Å². The third kappa shape index (κ3) is 8.79. The smallest absolute Gasteiger partial charge is 0.311 e. The van der Waals surface area contributed by atoms with E-state index in [1.807, 2.05) is 25.9 Å². The Labute approximate surface area is 263 Å². The van der Waals surface area contributed by atoms with Gasteiger partial charge in [0.15, 0.2) is 6.29 Å². The molecular weight excluding hydrogens is 572 g/mol. The van der Waals surface area contributed by atoms with Gasteiger partial charge < -0.3 is 49.6 Å².